The van der Waals surface area contributed by atoms with Gasteiger partial charge in [0.15, 0.2) is 0 Å². The van der Waals surface area contributed by atoms with Crippen LogP contribution >= 0.6 is 11.3 Å². The Kier molecular flexibility index (Phi) is 2.18. The van der Waals surface area contributed by atoms with E-state index in [0.29, 0.717) is 0 Å². The summed E-state index contributed by atoms with van der Waals surface area (Å²) in [5.74, 6) is 0.763. The molecule has 0 fully saturated rings. The minimum Gasteiger partial charge on any atom is -0.372 e. The van der Waals surface area contributed by atoms with Gasteiger partial charge in [-0.25, -0.2) is 15.0 Å². The quantitative estimate of drug-likeness (QED) is 0.786. The SMILES string of the molecule is CNc1cnc(-c2cscn2)cn1. The summed E-state index contributed by atoms with van der Waals surface area (Å²) in [7, 11) is 1.81. The van der Waals surface area contributed by atoms with Crippen molar-refractivity contribution in [3.8, 4) is 11.4 Å². The molecule has 2 aromatic rings. The van der Waals surface area contributed by atoms with Crippen molar-refractivity contribution in [3.05, 3.63) is 23.3 Å². The molecule has 0 saturated carbocycles. The summed E-state index contributed by atoms with van der Waals surface area (Å²) in [5, 5.41) is 4.86. The Hall–Kier alpha value is -1.49. The number of hydrogen-bond donors (Lipinski definition) is 1. The van der Waals surface area contributed by atoms with Gasteiger partial charge in [0.1, 0.15) is 17.2 Å². The summed E-state index contributed by atoms with van der Waals surface area (Å²) in [5.41, 5.74) is 3.46. The standard InChI is InChI=1S/C8H8N4S/c1-9-8-3-10-6(2-11-8)7-4-13-5-12-7/h2-5H,1H3,(H,9,11). The molecule has 13 heavy (non-hydrogen) atoms. The van der Waals surface area contributed by atoms with Crippen molar-refractivity contribution >= 4 is 17.2 Å². The van der Waals surface area contributed by atoms with Gasteiger partial charge in [-0.15, -0.1) is 11.3 Å². The minimum atomic E-state index is 0.763. The highest BCUT2D eigenvalue weighted by Gasteiger charge is 2.00. The first kappa shape index (κ1) is 8.12. The lowest BCUT2D eigenvalue weighted by molar-refractivity contribution is 1.18. The maximum Gasteiger partial charge on any atom is 0.144 e. The van der Waals surface area contributed by atoms with Crippen LogP contribution in [0.4, 0.5) is 5.82 Å². The molecule has 0 saturated heterocycles. The van der Waals surface area contributed by atoms with Gasteiger partial charge in [-0.3, -0.25) is 0 Å². The van der Waals surface area contributed by atoms with Crippen LogP contribution in [0, 0.1) is 0 Å². The van der Waals surface area contributed by atoms with Gasteiger partial charge in [-0.2, -0.15) is 0 Å². The van der Waals surface area contributed by atoms with Gasteiger partial charge in [0, 0.05) is 12.4 Å². The van der Waals surface area contributed by atoms with Crippen LogP contribution < -0.4 is 5.32 Å². The number of anilines is 1. The fourth-order valence-electron chi connectivity index (χ4n) is 0.928. The third-order valence-corrected chi connectivity index (χ3v) is 2.19. The number of nitrogens with zero attached hydrogens (tertiary/aromatic N) is 3. The van der Waals surface area contributed by atoms with Crippen LogP contribution in [0.25, 0.3) is 11.4 Å². The van der Waals surface area contributed by atoms with E-state index in [4.69, 9.17) is 0 Å². The van der Waals surface area contributed by atoms with E-state index in [-0.39, 0.29) is 0 Å². The normalized spacial score (nSPS) is 9.92. The topological polar surface area (TPSA) is 50.7 Å². The predicted octanol–water partition coefficient (Wildman–Crippen LogP) is 1.64. The molecule has 0 aliphatic rings. The molecule has 0 spiro atoms. The van der Waals surface area contributed by atoms with Gasteiger partial charge in [0.25, 0.3) is 0 Å². The smallest absolute Gasteiger partial charge is 0.144 e. The molecule has 2 aromatic heterocycles. The van der Waals surface area contributed by atoms with Crippen LogP contribution in [0.15, 0.2) is 23.3 Å². The molecule has 0 atom stereocenters. The fourth-order valence-corrected chi connectivity index (χ4v) is 1.47. The molecular formula is C8H8N4S. The van der Waals surface area contributed by atoms with Crippen LogP contribution in [0.5, 0.6) is 0 Å². The van der Waals surface area contributed by atoms with Gasteiger partial charge in [-0.05, 0) is 0 Å². The molecule has 0 aliphatic heterocycles. The number of hydrogen-bond acceptors (Lipinski definition) is 5. The summed E-state index contributed by atoms with van der Waals surface area (Å²) in [6.45, 7) is 0. The van der Waals surface area contributed by atoms with E-state index >= 15 is 0 Å². The maximum atomic E-state index is 4.21. The van der Waals surface area contributed by atoms with Crippen LogP contribution in [-0.4, -0.2) is 22.0 Å². The third-order valence-electron chi connectivity index (χ3n) is 1.60. The number of rotatable bonds is 2. The molecule has 0 radical (unpaired) electrons. The molecule has 2 heterocycles. The Balaban J connectivity index is 2.33. The van der Waals surface area contributed by atoms with E-state index < -0.39 is 0 Å². The van der Waals surface area contributed by atoms with Crippen LogP contribution in [0.2, 0.25) is 0 Å². The second kappa shape index (κ2) is 3.49. The number of aromatic nitrogens is 3. The van der Waals surface area contributed by atoms with Crippen molar-refractivity contribution in [2.75, 3.05) is 12.4 Å². The molecular weight excluding hydrogens is 184 g/mol. The number of thiazole rings is 1. The molecule has 0 aliphatic carbocycles. The molecule has 4 nitrogen and oxygen atoms in total. The number of nitrogens with one attached hydrogen (secondary N) is 1. The van der Waals surface area contributed by atoms with Crippen molar-refractivity contribution in [1.82, 2.24) is 15.0 Å². The average Bonchev–Trinajstić information content (AvgIpc) is 2.71. The molecule has 0 bridgehead atoms. The van der Waals surface area contributed by atoms with E-state index in [9.17, 15) is 0 Å². The lowest BCUT2D eigenvalue weighted by Gasteiger charge is -1.98. The summed E-state index contributed by atoms with van der Waals surface area (Å²) in [6.07, 6.45) is 3.40. The van der Waals surface area contributed by atoms with Crippen molar-refractivity contribution in [2.24, 2.45) is 0 Å². The molecule has 0 aromatic carbocycles. The lowest BCUT2D eigenvalue weighted by atomic mass is 10.3. The summed E-state index contributed by atoms with van der Waals surface area (Å²) in [6, 6.07) is 0. The third kappa shape index (κ3) is 1.65. The van der Waals surface area contributed by atoms with E-state index in [2.05, 4.69) is 20.3 Å². The van der Waals surface area contributed by atoms with Gasteiger partial charge in [0.2, 0.25) is 0 Å². The zero-order valence-corrected chi connectivity index (χ0v) is 7.88. The molecule has 0 amide bonds. The fraction of sp³-hybridized carbons (Fsp3) is 0.125. The molecule has 66 valence electrons. The lowest BCUT2D eigenvalue weighted by Crippen LogP contribution is -1.93. The van der Waals surface area contributed by atoms with Crippen molar-refractivity contribution < 1.29 is 0 Å². The van der Waals surface area contributed by atoms with Gasteiger partial charge in [0.05, 0.1) is 17.9 Å². The van der Waals surface area contributed by atoms with Gasteiger partial charge < -0.3 is 5.32 Å². The second-order valence-electron chi connectivity index (χ2n) is 2.41. The van der Waals surface area contributed by atoms with Crippen molar-refractivity contribution in [2.45, 2.75) is 0 Å². The zero-order chi connectivity index (χ0) is 9.10. The average molecular weight is 192 g/mol. The highest BCUT2D eigenvalue weighted by atomic mass is 32.1. The van der Waals surface area contributed by atoms with Crippen LogP contribution in [0.1, 0.15) is 0 Å². The molecule has 5 heteroatoms. The van der Waals surface area contributed by atoms with E-state index in [1.165, 1.54) is 0 Å². The Morgan fingerprint density at radius 2 is 2.08 bits per heavy atom. The molecule has 0 unspecified atom stereocenters. The van der Waals surface area contributed by atoms with E-state index in [0.717, 1.165) is 17.2 Å². The Labute approximate surface area is 79.7 Å². The molecule has 1 N–H and O–H groups in total. The van der Waals surface area contributed by atoms with Crippen LogP contribution in [0.3, 0.4) is 0 Å². The Bertz CT molecular complexity index is 368. The van der Waals surface area contributed by atoms with Gasteiger partial charge >= 0.3 is 0 Å². The van der Waals surface area contributed by atoms with E-state index in [1.54, 1.807) is 29.2 Å². The highest BCUT2D eigenvalue weighted by molar-refractivity contribution is 7.07. The maximum absolute atomic E-state index is 4.21. The second-order valence-corrected chi connectivity index (χ2v) is 3.13. The predicted molar refractivity (Wildman–Crippen MR) is 52.7 cm³/mol. The van der Waals surface area contributed by atoms with Crippen molar-refractivity contribution in [1.29, 1.82) is 0 Å². The van der Waals surface area contributed by atoms with Crippen LogP contribution in [-0.2, 0) is 0 Å². The summed E-state index contributed by atoms with van der Waals surface area (Å²) >= 11 is 1.55. The first-order chi connectivity index (χ1) is 6.40. The largest absolute Gasteiger partial charge is 0.372 e. The first-order valence-electron chi connectivity index (χ1n) is 3.78. The van der Waals surface area contributed by atoms with Crippen molar-refractivity contribution in [3.63, 3.8) is 0 Å². The van der Waals surface area contributed by atoms with E-state index in [1.807, 2.05) is 12.4 Å². The summed E-state index contributed by atoms with van der Waals surface area (Å²) in [4.78, 5) is 12.5. The molecule has 2 rings (SSSR count). The highest BCUT2D eigenvalue weighted by Crippen LogP contribution is 2.15. The summed E-state index contributed by atoms with van der Waals surface area (Å²) < 4.78 is 0. The Morgan fingerprint density at radius 1 is 1.15 bits per heavy atom. The monoisotopic (exact) mass is 192 g/mol. The Morgan fingerprint density at radius 3 is 2.62 bits per heavy atom. The van der Waals surface area contributed by atoms with Gasteiger partial charge in [-0.1, -0.05) is 0 Å². The first-order valence-corrected chi connectivity index (χ1v) is 4.73. The zero-order valence-electron chi connectivity index (χ0n) is 7.06. The minimum absolute atomic E-state index is 0.763.